The predicted octanol–water partition coefficient (Wildman–Crippen LogP) is 2.82. The van der Waals surface area contributed by atoms with E-state index in [4.69, 9.17) is 17.3 Å². The summed E-state index contributed by atoms with van der Waals surface area (Å²) in [5, 5.41) is 0. The van der Waals surface area contributed by atoms with Crippen molar-refractivity contribution < 1.29 is 0 Å². The Bertz CT molecular complexity index is 409. The third-order valence-electron chi connectivity index (χ3n) is 4.15. The van der Waals surface area contributed by atoms with E-state index in [1.807, 2.05) is 6.07 Å². The molecule has 0 bridgehead atoms. The molecule has 0 amide bonds. The molecule has 2 heterocycles. The van der Waals surface area contributed by atoms with Crippen molar-refractivity contribution in [2.75, 3.05) is 26.7 Å². The van der Waals surface area contributed by atoms with Crippen molar-refractivity contribution in [3.63, 3.8) is 0 Å². The number of nitrogens with two attached hydrogens (primary N) is 1. The molecule has 2 N–H and O–H groups in total. The van der Waals surface area contributed by atoms with Crippen LogP contribution in [0.15, 0.2) is 12.1 Å². The van der Waals surface area contributed by atoms with Gasteiger partial charge in [-0.05, 0) is 32.5 Å². The number of rotatable bonds is 4. The van der Waals surface area contributed by atoms with Crippen LogP contribution >= 0.6 is 22.9 Å². The molecule has 1 aliphatic rings. The zero-order valence-corrected chi connectivity index (χ0v) is 13.5. The summed E-state index contributed by atoms with van der Waals surface area (Å²) in [4.78, 5) is 6.24. The highest BCUT2D eigenvalue weighted by atomic mass is 35.5. The Kier molecular flexibility index (Phi) is 5.26. The van der Waals surface area contributed by atoms with E-state index in [0.717, 1.165) is 30.4 Å². The van der Waals surface area contributed by atoms with Crippen LogP contribution < -0.4 is 5.73 Å². The molecule has 0 saturated carbocycles. The van der Waals surface area contributed by atoms with E-state index in [1.54, 1.807) is 11.3 Å². The number of hydrogen-bond donors (Lipinski definition) is 1. The molecule has 1 saturated heterocycles. The van der Waals surface area contributed by atoms with E-state index in [1.165, 1.54) is 4.88 Å². The maximum absolute atomic E-state index is 6.38. The molecule has 1 aromatic rings. The van der Waals surface area contributed by atoms with Crippen LogP contribution in [0.2, 0.25) is 4.34 Å². The molecular formula is C14H24ClN3S. The average molecular weight is 302 g/mol. The number of hydrogen-bond acceptors (Lipinski definition) is 4. The smallest absolute Gasteiger partial charge is 0.0931 e. The number of nitrogens with zero attached hydrogens (tertiary/aromatic N) is 2. The Balaban J connectivity index is 2.18. The summed E-state index contributed by atoms with van der Waals surface area (Å²) in [5.74, 6) is 0. The number of piperazine rings is 1. The van der Waals surface area contributed by atoms with Gasteiger partial charge in [-0.3, -0.25) is 4.90 Å². The molecule has 0 spiro atoms. The lowest BCUT2D eigenvalue weighted by Crippen LogP contribution is -2.53. The van der Waals surface area contributed by atoms with Gasteiger partial charge in [0.25, 0.3) is 0 Å². The summed E-state index contributed by atoms with van der Waals surface area (Å²) < 4.78 is 0.852. The van der Waals surface area contributed by atoms with Crippen molar-refractivity contribution in [3.8, 4) is 0 Å². The third-order valence-corrected chi connectivity index (χ3v) is 5.45. The largest absolute Gasteiger partial charge is 0.326 e. The Hall–Kier alpha value is -0.130. The SMILES string of the molecule is CCC(N)C(c1ccc(Cl)s1)N1CCN(C)C(C)C1. The molecule has 3 unspecified atom stereocenters. The van der Waals surface area contributed by atoms with Crippen molar-refractivity contribution in [2.45, 2.75) is 38.4 Å². The maximum atomic E-state index is 6.38. The molecule has 1 aromatic heterocycles. The van der Waals surface area contributed by atoms with Crippen molar-refractivity contribution in [1.29, 1.82) is 0 Å². The molecule has 19 heavy (non-hydrogen) atoms. The van der Waals surface area contributed by atoms with Crippen molar-refractivity contribution in [1.82, 2.24) is 9.80 Å². The van der Waals surface area contributed by atoms with E-state index in [0.29, 0.717) is 12.1 Å². The minimum Gasteiger partial charge on any atom is -0.326 e. The van der Waals surface area contributed by atoms with Gasteiger partial charge in [-0.15, -0.1) is 11.3 Å². The fourth-order valence-electron chi connectivity index (χ4n) is 2.70. The lowest BCUT2D eigenvalue weighted by molar-refractivity contribution is 0.0624. The first kappa shape index (κ1) is 15.3. The Labute approximate surface area is 125 Å². The van der Waals surface area contributed by atoms with Crippen LogP contribution in [-0.4, -0.2) is 48.6 Å². The molecule has 1 fully saturated rings. The summed E-state index contributed by atoms with van der Waals surface area (Å²) in [7, 11) is 2.19. The second-order valence-electron chi connectivity index (χ2n) is 5.48. The minimum atomic E-state index is 0.172. The molecule has 2 rings (SSSR count). The second-order valence-corrected chi connectivity index (χ2v) is 7.23. The molecule has 3 atom stereocenters. The summed E-state index contributed by atoms with van der Waals surface area (Å²) in [6.45, 7) is 7.70. The minimum absolute atomic E-state index is 0.172. The monoisotopic (exact) mass is 301 g/mol. The molecule has 0 radical (unpaired) electrons. The van der Waals surface area contributed by atoms with Crippen LogP contribution in [0.5, 0.6) is 0 Å². The number of likely N-dealkylation sites (N-methyl/N-ethyl adjacent to an activating group) is 1. The first-order valence-electron chi connectivity index (χ1n) is 6.98. The normalized spacial score (nSPS) is 25.4. The summed E-state index contributed by atoms with van der Waals surface area (Å²) in [6, 6.07) is 5.17. The fraction of sp³-hybridized carbons (Fsp3) is 0.714. The topological polar surface area (TPSA) is 32.5 Å². The van der Waals surface area contributed by atoms with Crippen LogP contribution in [0.4, 0.5) is 0 Å². The number of halogens is 1. The van der Waals surface area contributed by atoms with E-state index in [-0.39, 0.29) is 6.04 Å². The third kappa shape index (κ3) is 3.50. The van der Waals surface area contributed by atoms with Gasteiger partial charge in [-0.2, -0.15) is 0 Å². The zero-order chi connectivity index (χ0) is 14.0. The maximum Gasteiger partial charge on any atom is 0.0931 e. The van der Waals surface area contributed by atoms with E-state index in [9.17, 15) is 0 Å². The van der Waals surface area contributed by atoms with Crippen molar-refractivity contribution in [3.05, 3.63) is 21.3 Å². The lowest BCUT2D eigenvalue weighted by atomic mass is 10.0. The summed E-state index contributed by atoms with van der Waals surface area (Å²) >= 11 is 7.76. The van der Waals surface area contributed by atoms with Crippen molar-refractivity contribution in [2.24, 2.45) is 5.73 Å². The highest BCUT2D eigenvalue weighted by Crippen LogP contribution is 2.34. The molecular weight excluding hydrogens is 278 g/mol. The van der Waals surface area contributed by atoms with E-state index < -0.39 is 0 Å². The van der Waals surface area contributed by atoms with E-state index >= 15 is 0 Å². The van der Waals surface area contributed by atoms with Gasteiger partial charge in [0.2, 0.25) is 0 Å². The van der Waals surface area contributed by atoms with Gasteiger partial charge in [0.1, 0.15) is 0 Å². The second kappa shape index (κ2) is 6.55. The standard InChI is InChI=1S/C14H24ClN3S/c1-4-11(16)14(12-5-6-13(15)19-12)18-8-7-17(3)10(2)9-18/h5-6,10-11,14H,4,7-9,16H2,1-3H3. The summed E-state index contributed by atoms with van der Waals surface area (Å²) in [5.41, 5.74) is 6.38. The molecule has 5 heteroatoms. The molecule has 3 nitrogen and oxygen atoms in total. The summed E-state index contributed by atoms with van der Waals surface area (Å²) in [6.07, 6.45) is 0.987. The molecule has 0 aromatic carbocycles. The van der Waals surface area contributed by atoms with Crippen molar-refractivity contribution >= 4 is 22.9 Å². The molecule has 1 aliphatic heterocycles. The van der Waals surface area contributed by atoms with Gasteiger partial charge < -0.3 is 10.6 Å². The molecule has 108 valence electrons. The van der Waals surface area contributed by atoms with Crippen LogP contribution in [-0.2, 0) is 0 Å². The van der Waals surface area contributed by atoms with Crippen LogP contribution in [0, 0.1) is 0 Å². The van der Waals surface area contributed by atoms with Gasteiger partial charge in [0, 0.05) is 36.6 Å². The lowest BCUT2D eigenvalue weighted by Gasteiger charge is -2.43. The van der Waals surface area contributed by atoms with Crippen LogP contribution in [0.25, 0.3) is 0 Å². The van der Waals surface area contributed by atoms with Gasteiger partial charge >= 0.3 is 0 Å². The Morgan fingerprint density at radius 3 is 2.74 bits per heavy atom. The van der Waals surface area contributed by atoms with Crippen LogP contribution in [0.1, 0.15) is 31.2 Å². The van der Waals surface area contributed by atoms with Gasteiger partial charge in [-0.1, -0.05) is 18.5 Å². The fourth-order valence-corrected chi connectivity index (χ4v) is 3.97. The highest BCUT2D eigenvalue weighted by molar-refractivity contribution is 7.16. The zero-order valence-electron chi connectivity index (χ0n) is 12.0. The van der Waals surface area contributed by atoms with Gasteiger partial charge in [0.05, 0.1) is 10.4 Å². The quantitative estimate of drug-likeness (QED) is 0.928. The Morgan fingerprint density at radius 2 is 2.21 bits per heavy atom. The number of thiophene rings is 1. The van der Waals surface area contributed by atoms with Gasteiger partial charge in [-0.25, -0.2) is 0 Å². The first-order valence-corrected chi connectivity index (χ1v) is 8.17. The first-order chi connectivity index (χ1) is 9.02. The van der Waals surface area contributed by atoms with Gasteiger partial charge in [0.15, 0.2) is 0 Å². The Morgan fingerprint density at radius 1 is 1.47 bits per heavy atom. The van der Waals surface area contributed by atoms with Crippen LogP contribution in [0.3, 0.4) is 0 Å². The predicted molar refractivity (Wildman–Crippen MR) is 84.0 cm³/mol. The highest BCUT2D eigenvalue weighted by Gasteiger charge is 2.31. The molecule has 0 aliphatic carbocycles. The van der Waals surface area contributed by atoms with E-state index in [2.05, 4.69) is 36.8 Å². The average Bonchev–Trinajstić information content (AvgIpc) is 2.80.